The van der Waals surface area contributed by atoms with Crippen molar-refractivity contribution in [1.82, 2.24) is 14.9 Å². The summed E-state index contributed by atoms with van der Waals surface area (Å²) >= 11 is 0. The number of unbranched alkanes of at least 4 members (excludes halogenated alkanes) is 5. The van der Waals surface area contributed by atoms with Gasteiger partial charge in [-0.3, -0.25) is 19.1 Å². The number of aliphatic hydroxyl groups excluding tert-OH is 5. The monoisotopic (exact) mass is 581 g/mol. The second-order valence-electron chi connectivity index (χ2n) is 11.1. The van der Waals surface area contributed by atoms with Crippen LogP contribution in [0.15, 0.2) is 46.0 Å². The highest BCUT2D eigenvalue weighted by atomic mass is 16.6. The highest BCUT2D eigenvalue weighted by Crippen LogP contribution is 2.32. The fourth-order valence-corrected chi connectivity index (χ4v) is 4.95. The zero-order valence-electron chi connectivity index (χ0n) is 23.5. The van der Waals surface area contributed by atoms with Crippen LogP contribution in [-0.2, 0) is 14.3 Å². The molecule has 1 aromatic rings. The Labute approximate surface area is 238 Å². The number of allylic oxidation sites excluding steroid dienone is 1. The smallest absolute Gasteiger partial charge is 0.330 e. The minimum atomic E-state index is -1.61. The van der Waals surface area contributed by atoms with E-state index in [4.69, 9.17) is 9.47 Å². The summed E-state index contributed by atoms with van der Waals surface area (Å²) in [6.07, 6.45) is 0.982. The molecule has 1 amide bonds. The molecule has 1 saturated heterocycles. The second kappa shape index (κ2) is 15.4. The van der Waals surface area contributed by atoms with Crippen molar-refractivity contribution in [2.45, 2.75) is 114 Å². The molecule has 1 fully saturated rings. The van der Waals surface area contributed by atoms with Gasteiger partial charge in [-0.2, -0.15) is 0 Å². The molecule has 3 rings (SSSR count). The number of rotatable bonds is 14. The standard InChI is InChI=1S/C28H43N3O10/c1-16(2)10-8-6-4-3-5-7-9-11-20(33)29-17-15-40-19(23(36)22(17)35)14-18(32)26-24(37)25(38)27(41-26)31-13-12-21(34)30-28(31)39/h9,11-13,15-16,18-19,22-27,32,35-38H,3-8,10,14H2,1-2H3,(H,29,33)(H,30,34,39). The molecule has 0 aromatic carbocycles. The van der Waals surface area contributed by atoms with Crippen molar-refractivity contribution in [1.29, 1.82) is 0 Å². The van der Waals surface area contributed by atoms with E-state index >= 15 is 0 Å². The molecule has 0 spiro atoms. The van der Waals surface area contributed by atoms with Gasteiger partial charge >= 0.3 is 5.69 Å². The van der Waals surface area contributed by atoms with Crippen molar-refractivity contribution in [3.63, 3.8) is 0 Å². The minimum absolute atomic E-state index is 0.0480. The Kier molecular flexibility index (Phi) is 12.3. The molecule has 13 nitrogen and oxygen atoms in total. The van der Waals surface area contributed by atoms with Gasteiger partial charge in [0.05, 0.1) is 11.8 Å². The van der Waals surface area contributed by atoms with Crippen molar-refractivity contribution in [2.75, 3.05) is 0 Å². The van der Waals surface area contributed by atoms with Crippen LogP contribution in [-0.4, -0.2) is 83.7 Å². The van der Waals surface area contributed by atoms with Crippen LogP contribution in [0.4, 0.5) is 0 Å². The van der Waals surface area contributed by atoms with E-state index in [9.17, 15) is 39.9 Å². The average molecular weight is 582 g/mol. The number of H-pyrrole nitrogens is 1. The van der Waals surface area contributed by atoms with E-state index in [1.165, 1.54) is 31.8 Å². The molecule has 3 heterocycles. The maximum absolute atomic E-state index is 12.3. The highest BCUT2D eigenvalue weighted by Gasteiger charge is 2.48. The molecule has 0 saturated carbocycles. The van der Waals surface area contributed by atoms with Crippen molar-refractivity contribution in [3.8, 4) is 0 Å². The number of aromatic nitrogens is 2. The maximum Gasteiger partial charge on any atom is 0.330 e. The number of aliphatic hydroxyl groups is 5. The molecule has 230 valence electrons. The normalized spacial score (nSPS) is 29.0. The van der Waals surface area contributed by atoms with Gasteiger partial charge in [0.2, 0.25) is 5.91 Å². The van der Waals surface area contributed by atoms with Crippen LogP contribution in [0.1, 0.15) is 71.4 Å². The van der Waals surface area contributed by atoms with Gasteiger partial charge in [-0.05, 0) is 24.8 Å². The molecule has 2 aliphatic heterocycles. The lowest BCUT2D eigenvalue weighted by Gasteiger charge is -2.34. The summed E-state index contributed by atoms with van der Waals surface area (Å²) in [5.41, 5.74) is -1.58. The van der Waals surface area contributed by atoms with Crippen LogP contribution in [0.3, 0.4) is 0 Å². The van der Waals surface area contributed by atoms with Gasteiger partial charge in [-0.15, -0.1) is 0 Å². The molecule has 13 heteroatoms. The molecule has 41 heavy (non-hydrogen) atoms. The molecule has 8 unspecified atom stereocenters. The number of carbonyl (C=O) groups excluding carboxylic acids is 1. The lowest BCUT2D eigenvalue weighted by molar-refractivity contribution is -0.125. The van der Waals surface area contributed by atoms with E-state index in [1.807, 2.05) is 4.98 Å². The van der Waals surface area contributed by atoms with Crippen LogP contribution in [0, 0.1) is 5.92 Å². The first-order chi connectivity index (χ1) is 19.5. The van der Waals surface area contributed by atoms with E-state index in [-0.39, 0.29) is 12.1 Å². The Hall–Kier alpha value is -2.81. The average Bonchev–Trinajstić information content (AvgIpc) is 3.21. The second-order valence-corrected chi connectivity index (χ2v) is 11.1. The number of nitrogens with zero attached hydrogens (tertiary/aromatic N) is 1. The maximum atomic E-state index is 12.3. The van der Waals surface area contributed by atoms with Crippen LogP contribution in [0.25, 0.3) is 0 Å². The molecule has 1 aromatic heterocycles. The summed E-state index contributed by atoms with van der Waals surface area (Å²) in [6.45, 7) is 4.44. The lowest BCUT2D eigenvalue weighted by atomic mass is 9.94. The van der Waals surface area contributed by atoms with Crippen LogP contribution in [0.5, 0.6) is 0 Å². The van der Waals surface area contributed by atoms with Gasteiger partial charge in [0, 0.05) is 18.7 Å². The molecule has 0 radical (unpaired) electrons. The highest BCUT2D eigenvalue weighted by molar-refractivity contribution is 5.88. The quantitative estimate of drug-likeness (QED) is 0.115. The SMILES string of the molecule is CC(C)CCCCCCCC=CC(=O)NC1=COC(CC(O)C2OC(n3ccc(=O)[nH]c3=O)C(O)C2O)C(O)C1O. The van der Waals surface area contributed by atoms with Crippen LogP contribution in [0.2, 0.25) is 0 Å². The lowest BCUT2D eigenvalue weighted by Crippen LogP contribution is -2.49. The van der Waals surface area contributed by atoms with E-state index in [1.54, 1.807) is 6.08 Å². The Balaban J connectivity index is 1.46. The fourth-order valence-electron chi connectivity index (χ4n) is 4.95. The van der Waals surface area contributed by atoms with Crippen molar-refractivity contribution >= 4 is 5.91 Å². The summed E-state index contributed by atoms with van der Waals surface area (Å²) in [7, 11) is 0. The Morgan fingerprint density at radius 3 is 2.49 bits per heavy atom. The molecular weight excluding hydrogens is 538 g/mol. The molecule has 8 atom stereocenters. The van der Waals surface area contributed by atoms with E-state index < -0.39 is 66.1 Å². The summed E-state index contributed by atoms with van der Waals surface area (Å²) in [4.78, 5) is 37.6. The van der Waals surface area contributed by atoms with Crippen molar-refractivity contribution < 1.29 is 39.8 Å². The van der Waals surface area contributed by atoms with Gasteiger partial charge in [-0.1, -0.05) is 52.0 Å². The van der Waals surface area contributed by atoms with Gasteiger partial charge in [-0.25, -0.2) is 4.79 Å². The number of nitrogens with one attached hydrogen (secondary N) is 2. The first-order valence-electron chi connectivity index (χ1n) is 14.2. The Bertz CT molecular complexity index is 1160. The van der Waals surface area contributed by atoms with Gasteiger partial charge in [0.15, 0.2) is 6.23 Å². The Morgan fingerprint density at radius 2 is 1.78 bits per heavy atom. The van der Waals surface area contributed by atoms with Gasteiger partial charge in [0.25, 0.3) is 5.56 Å². The van der Waals surface area contributed by atoms with E-state index in [0.29, 0.717) is 0 Å². The first kappa shape index (κ1) is 32.7. The van der Waals surface area contributed by atoms with Crippen LogP contribution >= 0.6 is 0 Å². The Morgan fingerprint density at radius 1 is 1.07 bits per heavy atom. The third kappa shape index (κ3) is 9.09. The van der Waals surface area contributed by atoms with Crippen LogP contribution < -0.4 is 16.6 Å². The minimum Gasteiger partial charge on any atom is -0.493 e. The summed E-state index contributed by atoms with van der Waals surface area (Å²) in [5, 5.41) is 55.1. The molecule has 0 aliphatic carbocycles. The number of carbonyl (C=O) groups is 1. The number of hydrogen-bond acceptors (Lipinski definition) is 10. The van der Waals surface area contributed by atoms with Gasteiger partial charge < -0.3 is 40.3 Å². The third-order valence-corrected chi connectivity index (χ3v) is 7.34. The fraction of sp³-hybridized carbons (Fsp3) is 0.679. The van der Waals surface area contributed by atoms with Gasteiger partial charge in [0.1, 0.15) is 42.9 Å². The summed E-state index contributed by atoms with van der Waals surface area (Å²) < 4.78 is 11.9. The number of aromatic amines is 1. The topological polar surface area (TPSA) is 204 Å². The number of ether oxygens (including phenoxy) is 2. The van der Waals surface area contributed by atoms with Crippen molar-refractivity contribution in [3.05, 3.63) is 57.2 Å². The largest absolute Gasteiger partial charge is 0.493 e. The van der Waals surface area contributed by atoms with Crippen molar-refractivity contribution in [2.24, 2.45) is 5.92 Å². The summed E-state index contributed by atoms with van der Waals surface area (Å²) in [5.74, 6) is 0.244. The predicted molar refractivity (Wildman–Crippen MR) is 147 cm³/mol. The molecule has 2 aliphatic rings. The number of hydrogen-bond donors (Lipinski definition) is 7. The zero-order valence-corrected chi connectivity index (χ0v) is 23.5. The van der Waals surface area contributed by atoms with E-state index in [2.05, 4.69) is 19.2 Å². The summed E-state index contributed by atoms with van der Waals surface area (Å²) in [6, 6.07) is 1.04. The molecule has 7 N–H and O–H groups in total. The third-order valence-electron chi connectivity index (χ3n) is 7.34. The predicted octanol–water partition coefficient (Wildman–Crippen LogP) is -0.0721. The number of amides is 1. The molecule has 0 bridgehead atoms. The van der Waals surface area contributed by atoms with E-state index in [0.717, 1.165) is 48.3 Å². The first-order valence-corrected chi connectivity index (χ1v) is 14.2. The zero-order chi connectivity index (χ0) is 30.1. The molecular formula is C28H43N3O10.